The van der Waals surface area contributed by atoms with Crippen LogP contribution in [0.4, 0.5) is 0 Å². The predicted molar refractivity (Wildman–Crippen MR) is 293 cm³/mol. The molecule has 0 spiro atoms. The first kappa shape index (κ1) is 69.0. The van der Waals surface area contributed by atoms with Crippen molar-refractivity contribution in [3.8, 4) is 0 Å². The highest BCUT2D eigenvalue weighted by Crippen LogP contribution is 2.75. The summed E-state index contributed by atoms with van der Waals surface area (Å²) in [4.78, 5) is 0. The Labute approximate surface area is 501 Å². The van der Waals surface area contributed by atoms with Crippen molar-refractivity contribution in [1.82, 2.24) is 0 Å². The summed E-state index contributed by atoms with van der Waals surface area (Å²) in [5.41, 5.74) is -2.30. The lowest BCUT2D eigenvalue weighted by molar-refractivity contribution is -0.378. The summed E-state index contributed by atoms with van der Waals surface area (Å²) in [6.07, 6.45) is -31.2. The zero-order chi connectivity index (χ0) is 63.1. The van der Waals surface area contributed by atoms with Gasteiger partial charge in [0.15, 0.2) is 31.5 Å². The molecule has 86 heavy (non-hydrogen) atoms. The van der Waals surface area contributed by atoms with Crippen molar-refractivity contribution in [1.29, 1.82) is 0 Å². The molecule has 0 bridgehead atoms. The molecule has 5 heterocycles. The third kappa shape index (κ3) is 12.7. The smallest absolute Gasteiger partial charge is 0.187 e. The standard InChI is InChI=1S/C59H100O27/c1-24(9-13-37(56(4,5)76)85-54-49(86-53-48(75)43(70)39(66)31(20-61)81-53)45(72)41(68)33(83-54)22-78-50-29(63)17-25(62)21-77-50)26-15-16-57(6)34-12-10-27-28(59(34,8)35(64)18-58(26,57)7)11-14-36(55(27,2)3)84-52-47(74)44(71)40(67)32(82-52)23-79-51-46(73)42(69)38(65)30(19-60)80-51/h10,24-26,28-54,60-76H,9,11-23H2,1-8H3/t24-,25+,26?,28?,29-,30-,31+,32-,33-,34?,35-,36+,37-,38-,39+,40-,41-,42+,43-,44+,45+,46-,47-,48+,49-,50-,51+,52+,53-,54+,57+,58-,59+/m1/s1. The highest BCUT2D eigenvalue weighted by Gasteiger charge is 2.70. The minimum atomic E-state index is -1.90. The first-order chi connectivity index (χ1) is 40.2. The molecular formula is C59H100O27. The number of aliphatic hydroxyl groups is 17. The van der Waals surface area contributed by atoms with E-state index < -0.39 is 202 Å². The average Bonchev–Trinajstić information content (AvgIpc) is 1.27. The number of rotatable bonds is 19. The molecule has 9 aliphatic rings. The Hall–Kier alpha value is -1.34. The summed E-state index contributed by atoms with van der Waals surface area (Å²) >= 11 is 0. The van der Waals surface area contributed by atoms with Crippen molar-refractivity contribution >= 4 is 0 Å². The SMILES string of the molecule is C[C@H](CC[C@@H](O[C@@H]1O[C@H](CO[C@H]2OC[C@@H](O)C[C@H]2O)[C@@H](O)[C@H](O)[C@H]1O[C@H]1O[C@@H](CO)[C@H](O)[C@@H](O)[C@@H]1O)C(C)(C)O)C1CC[C@@]2(C)C3CC=C4C(CC[C@H](O[C@@H]5O[C@H](CO[C@H]6O[C@H](CO)[C@@H](O)[C@H](O)[C@H]6O)[C@@H](O)[C@H](O)[C@H]5O)C4(C)C)[C@]3(C)[C@H](O)C[C@]12C. The molecule has 0 aromatic carbocycles. The summed E-state index contributed by atoms with van der Waals surface area (Å²) < 4.78 is 59.5. The van der Waals surface area contributed by atoms with E-state index in [-0.39, 0.29) is 54.0 Å². The first-order valence-electron chi connectivity index (χ1n) is 30.9. The summed E-state index contributed by atoms with van der Waals surface area (Å²) in [5.74, 6) is 0.113. The Kier molecular flexibility index (Phi) is 21.3. The molecule has 27 nitrogen and oxygen atoms in total. The first-order valence-corrected chi connectivity index (χ1v) is 30.9. The van der Waals surface area contributed by atoms with Crippen LogP contribution in [0.5, 0.6) is 0 Å². The molecule has 3 unspecified atom stereocenters. The fourth-order valence-corrected chi connectivity index (χ4v) is 16.7. The van der Waals surface area contributed by atoms with Gasteiger partial charge in [0.05, 0.1) is 63.1 Å². The van der Waals surface area contributed by atoms with Gasteiger partial charge in [-0.25, -0.2) is 0 Å². The van der Waals surface area contributed by atoms with Crippen LogP contribution in [0.1, 0.15) is 113 Å². The Morgan fingerprint density at radius 1 is 0.593 bits per heavy atom. The second kappa shape index (κ2) is 26.6. The minimum Gasteiger partial charge on any atom is -0.394 e. The van der Waals surface area contributed by atoms with Gasteiger partial charge in [0.2, 0.25) is 0 Å². The Bertz CT molecular complexity index is 2260. The van der Waals surface area contributed by atoms with E-state index in [4.69, 9.17) is 47.4 Å². The van der Waals surface area contributed by atoms with E-state index in [1.54, 1.807) is 13.8 Å². The topological polar surface area (TPSA) is 436 Å². The Balaban J connectivity index is 0.877. The summed E-state index contributed by atoms with van der Waals surface area (Å²) in [5, 5.41) is 184. The van der Waals surface area contributed by atoms with E-state index in [0.717, 1.165) is 18.4 Å². The van der Waals surface area contributed by atoms with Gasteiger partial charge in [0, 0.05) is 17.3 Å². The summed E-state index contributed by atoms with van der Waals surface area (Å²) in [7, 11) is 0. The highest BCUT2D eigenvalue weighted by atomic mass is 16.8. The van der Waals surface area contributed by atoms with Crippen molar-refractivity contribution < 1.29 is 134 Å². The van der Waals surface area contributed by atoms with E-state index in [1.807, 2.05) is 0 Å². The van der Waals surface area contributed by atoms with Crippen molar-refractivity contribution in [2.24, 2.45) is 45.3 Å². The van der Waals surface area contributed by atoms with Gasteiger partial charge in [0.25, 0.3) is 0 Å². The lowest BCUT2D eigenvalue weighted by Gasteiger charge is -2.67. The molecule has 5 aliphatic heterocycles. The van der Waals surface area contributed by atoms with Gasteiger partial charge < -0.3 is 134 Å². The maximum Gasteiger partial charge on any atom is 0.187 e. The lowest BCUT2D eigenvalue weighted by Crippen LogP contribution is -2.65. The van der Waals surface area contributed by atoms with Gasteiger partial charge in [-0.1, -0.05) is 53.2 Å². The van der Waals surface area contributed by atoms with Gasteiger partial charge >= 0.3 is 0 Å². The molecule has 0 amide bonds. The van der Waals surface area contributed by atoms with E-state index >= 15 is 0 Å². The molecule has 0 radical (unpaired) electrons. The fraction of sp³-hybridized carbons (Fsp3) is 0.966. The molecule has 4 aliphatic carbocycles. The second-order valence-electron chi connectivity index (χ2n) is 28.2. The van der Waals surface area contributed by atoms with Crippen LogP contribution >= 0.6 is 0 Å². The normalized spacial score (nSPS) is 51.4. The molecule has 33 atom stereocenters. The zero-order valence-corrected chi connectivity index (χ0v) is 50.5. The quantitative estimate of drug-likeness (QED) is 0.0553. The van der Waals surface area contributed by atoms with Crippen molar-refractivity contribution in [2.75, 3.05) is 33.0 Å². The maximum absolute atomic E-state index is 12.8. The molecule has 8 fully saturated rings. The van der Waals surface area contributed by atoms with Crippen molar-refractivity contribution in [3.63, 3.8) is 0 Å². The number of hydrogen-bond acceptors (Lipinski definition) is 27. The Morgan fingerprint density at radius 3 is 1.70 bits per heavy atom. The molecule has 498 valence electrons. The lowest BCUT2D eigenvalue weighted by atomic mass is 9.38. The number of aliphatic hydroxyl groups excluding tert-OH is 16. The third-order valence-electron chi connectivity index (χ3n) is 22.3. The van der Waals surface area contributed by atoms with E-state index in [9.17, 15) is 86.8 Å². The fourth-order valence-electron chi connectivity index (χ4n) is 16.7. The summed E-state index contributed by atoms with van der Waals surface area (Å²) in [6.45, 7) is 13.7. The zero-order valence-electron chi connectivity index (χ0n) is 50.5. The van der Waals surface area contributed by atoms with Gasteiger partial charge in [-0.05, 0) is 99.7 Å². The summed E-state index contributed by atoms with van der Waals surface area (Å²) in [6, 6.07) is 0. The highest BCUT2D eigenvalue weighted by molar-refractivity contribution is 5.32. The van der Waals surface area contributed by atoms with Crippen LogP contribution in [0.25, 0.3) is 0 Å². The minimum absolute atomic E-state index is 0.00589. The molecule has 3 saturated carbocycles. The predicted octanol–water partition coefficient (Wildman–Crippen LogP) is -3.74. The van der Waals surface area contributed by atoms with E-state index in [1.165, 1.54) is 0 Å². The third-order valence-corrected chi connectivity index (χ3v) is 22.3. The van der Waals surface area contributed by atoms with Crippen molar-refractivity contribution in [2.45, 2.75) is 278 Å². The van der Waals surface area contributed by atoms with Crippen LogP contribution in [-0.4, -0.2) is 285 Å². The van der Waals surface area contributed by atoms with Gasteiger partial charge in [-0.15, -0.1) is 0 Å². The van der Waals surface area contributed by atoms with Gasteiger partial charge in [-0.3, -0.25) is 0 Å². The number of allylic oxidation sites excluding steroid dienone is 1. The molecule has 0 aromatic rings. The molecular weight excluding hydrogens is 1140 g/mol. The van der Waals surface area contributed by atoms with Crippen LogP contribution in [0.3, 0.4) is 0 Å². The number of ether oxygens (including phenoxy) is 10. The maximum atomic E-state index is 12.8. The second-order valence-corrected chi connectivity index (χ2v) is 28.2. The molecule has 0 aromatic heterocycles. The number of hydrogen-bond donors (Lipinski definition) is 17. The molecule has 27 heteroatoms. The molecule has 5 saturated heterocycles. The monoisotopic (exact) mass is 1240 g/mol. The largest absolute Gasteiger partial charge is 0.394 e. The van der Waals surface area contributed by atoms with Gasteiger partial charge in [-0.2, -0.15) is 0 Å². The Morgan fingerprint density at radius 2 is 1.12 bits per heavy atom. The van der Waals surface area contributed by atoms with Crippen LogP contribution in [0.15, 0.2) is 11.6 Å². The van der Waals surface area contributed by atoms with E-state index in [2.05, 4.69) is 47.6 Å². The number of fused-ring (bicyclic) bond motifs is 5. The molecule has 17 N–H and O–H groups in total. The molecule has 9 rings (SSSR count). The average molecular weight is 1240 g/mol. The van der Waals surface area contributed by atoms with Crippen molar-refractivity contribution in [3.05, 3.63) is 11.6 Å². The van der Waals surface area contributed by atoms with E-state index in [0.29, 0.717) is 32.1 Å². The van der Waals surface area contributed by atoms with Crippen LogP contribution in [-0.2, 0) is 47.4 Å². The van der Waals surface area contributed by atoms with Gasteiger partial charge in [0.1, 0.15) is 104 Å². The van der Waals surface area contributed by atoms with Crippen LogP contribution in [0.2, 0.25) is 0 Å². The van der Waals surface area contributed by atoms with Crippen LogP contribution in [0, 0.1) is 45.3 Å². The van der Waals surface area contributed by atoms with Crippen LogP contribution < -0.4 is 0 Å².